The molecule has 0 amide bonds. The molecule has 20 heavy (non-hydrogen) atoms. The van der Waals surface area contributed by atoms with E-state index in [1.54, 1.807) is 13.2 Å². The second-order valence-corrected chi connectivity index (χ2v) is 5.44. The van der Waals surface area contributed by atoms with E-state index in [0.29, 0.717) is 17.8 Å². The number of aromatic hydroxyl groups is 1. The van der Waals surface area contributed by atoms with E-state index >= 15 is 0 Å². The molecule has 0 spiro atoms. The molecule has 1 fully saturated rings. The van der Waals surface area contributed by atoms with Gasteiger partial charge in [-0.3, -0.25) is 4.90 Å². The summed E-state index contributed by atoms with van der Waals surface area (Å²) in [5, 5.41) is 13.2. The van der Waals surface area contributed by atoms with Crippen molar-refractivity contribution < 1.29 is 9.84 Å². The minimum absolute atomic E-state index is 0.200. The molecule has 112 valence electrons. The van der Waals surface area contributed by atoms with Gasteiger partial charge in [0.2, 0.25) is 0 Å². The average molecular weight is 278 g/mol. The number of methoxy groups -OCH3 is 1. The minimum Gasteiger partial charge on any atom is -0.504 e. The lowest BCUT2D eigenvalue weighted by Gasteiger charge is -2.38. The second kappa shape index (κ2) is 6.95. The Morgan fingerprint density at radius 3 is 2.90 bits per heavy atom. The number of ether oxygens (including phenoxy) is 1. The van der Waals surface area contributed by atoms with Gasteiger partial charge in [0.25, 0.3) is 0 Å². The van der Waals surface area contributed by atoms with Crippen LogP contribution in [0.5, 0.6) is 11.5 Å². The molecule has 1 saturated heterocycles. The number of likely N-dealkylation sites (N-methyl/N-ethyl adjacent to an activating group) is 1. The van der Waals surface area contributed by atoms with Crippen LogP contribution in [0, 0.1) is 0 Å². The highest BCUT2D eigenvalue weighted by Gasteiger charge is 2.25. The molecule has 4 nitrogen and oxygen atoms in total. The lowest BCUT2D eigenvalue weighted by Crippen LogP contribution is -2.46. The van der Waals surface area contributed by atoms with E-state index < -0.39 is 0 Å². The molecular formula is C16H26N2O2. The summed E-state index contributed by atoms with van der Waals surface area (Å²) >= 11 is 0. The summed E-state index contributed by atoms with van der Waals surface area (Å²) in [5.41, 5.74) is 1.19. The number of hydrogen-bond acceptors (Lipinski definition) is 4. The van der Waals surface area contributed by atoms with Gasteiger partial charge in [0, 0.05) is 18.6 Å². The molecule has 1 aliphatic heterocycles. The summed E-state index contributed by atoms with van der Waals surface area (Å²) in [4.78, 5) is 2.53. The fourth-order valence-electron chi connectivity index (χ4n) is 3.11. The molecule has 2 unspecified atom stereocenters. The van der Waals surface area contributed by atoms with Gasteiger partial charge < -0.3 is 15.2 Å². The van der Waals surface area contributed by atoms with Crippen molar-refractivity contribution in [2.45, 2.75) is 38.8 Å². The number of rotatable bonds is 5. The number of piperidine rings is 1. The zero-order valence-electron chi connectivity index (χ0n) is 12.7. The number of nitrogens with zero attached hydrogens (tertiary/aromatic N) is 1. The van der Waals surface area contributed by atoms with Crippen LogP contribution in [0.1, 0.15) is 38.3 Å². The Balaban J connectivity index is 2.16. The Morgan fingerprint density at radius 2 is 2.30 bits per heavy atom. The number of nitrogens with one attached hydrogen (secondary N) is 1. The normalized spacial score (nSPS) is 20.9. The summed E-state index contributed by atoms with van der Waals surface area (Å²) in [6.07, 6.45) is 2.49. The van der Waals surface area contributed by atoms with Gasteiger partial charge in [-0.15, -0.1) is 0 Å². The van der Waals surface area contributed by atoms with Crippen molar-refractivity contribution in [1.29, 1.82) is 0 Å². The second-order valence-electron chi connectivity index (χ2n) is 5.44. The molecule has 2 N–H and O–H groups in total. The van der Waals surface area contributed by atoms with Crippen molar-refractivity contribution in [1.82, 2.24) is 10.2 Å². The number of hydrogen-bond donors (Lipinski definition) is 2. The van der Waals surface area contributed by atoms with E-state index in [1.807, 2.05) is 12.1 Å². The smallest absolute Gasteiger partial charge is 0.160 e. The van der Waals surface area contributed by atoms with E-state index in [2.05, 4.69) is 24.1 Å². The van der Waals surface area contributed by atoms with Crippen LogP contribution in [0.25, 0.3) is 0 Å². The standard InChI is InChI=1S/C16H26N2O2/c1-4-18(14-6-5-9-17-11-14)12(2)13-7-8-15(19)16(10-13)20-3/h7-8,10,12,14,17,19H,4-6,9,11H2,1-3H3. The molecule has 0 aliphatic carbocycles. The molecule has 0 saturated carbocycles. The highest BCUT2D eigenvalue weighted by Crippen LogP contribution is 2.32. The average Bonchev–Trinajstić information content (AvgIpc) is 2.49. The number of benzene rings is 1. The SMILES string of the molecule is CCN(C1CCCNC1)C(C)c1ccc(O)c(OC)c1. The van der Waals surface area contributed by atoms with Gasteiger partial charge >= 0.3 is 0 Å². The van der Waals surface area contributed by atoms with Crippen molar-refractivity contribution in [3.63, 3.8) is 0 Å². The number of phenols is 1. The van der Waals surface area contributed by atoms with Crippen LogP contribution in [0.15, 0.2) is 18.2 Å². The maximum atomic E-state index is 9.71. The first-order valence-corrected chi connectivity index (χ1v) is 7.50. The maximum Gasteiger partial charge on any atom is 0.160 e. The van der Waals surface area contributed by atoms with Crippen LogP contribution in [0.2, 0.25) is 0 Å². The van der Waals surface area contributed by atoms with Gasteiger partial charge in [-0.2, -0.15) is 0 Å². The fraction of sp³-hybridized carbons (Fsp3) is 0.625. The molecule has 0 aromatic heterocycles. The lowest BCUT2D eigenvalue weighted by atomic mass is 10.00. The van der Waals surface area contributed by atoms with Crippen molar-refractivity contribution in [2.24, 2.45) is 0 Å². The summed E-state index contributed by atoms with van der Waals surface area (Å²) in [6.45, 7) is 7.66. The predicted octanol–water partition coefficient (Wildman–Crippen LogP) is 2.54. The molecule has 0 bridgehead atoms. The molecule has 1 heterocycles. The lowest BCUT2D eigenvalue weighted by molar-refractivity contribution is 0.128. The van der Waals surface area contributed by atoms with Gasteiger partial charge in [0.05, 0.1) is 7.11 Å². The van der Waals surface area contributed by atoms with Crippen LogP contribution in [0.4, 0.5) is 0 Å². The van der Waals surface area contributed by atoms with E-state index in [1.165, 1.54) is 18.4 Å². The molecule has 1 aromatic rings. The first-order chi connectivity index (χ1) is 9.67. The van der Waals surface area contributed by atoms with Crippen molar-refractivity contribution in [3.8, 4) is 11.5 Å². The topological polar surface area (TPSA) is 44.7 Å². The third kappa shape index (κ3) is 3.25. The minimum atomic E-state index is 0.200. The highest BCUT2D eigenvalue weighted by atomic mass is 16.5. The van der Waals surface area contributed by atoms with Gasteiger partial charge in [0.15, 0.2) is 11.5 Å². The summed E-state index contributed by atoms with van der Waals surface area (Å²) in [6, 6.07) is 6.56. The first kappa shape index (κ1) is 15.1. The largest absolute Gasteiger partial charge is 0.504 e. The molecule has 2 rings (SSSR count). The zero-order chi connectivity index (χ0) is 14.5. The monoisotopic (exact) mass is 278 g/mol. The van der Waals surface area contributed by atoms with E-state index in [4.69, 9.17) is 4.74 Å². The van der Waals surface area contributed by atoms with Gasteiger partial charge in [-0.25, -0.2) is 0 Å². The predicted molar refractivity (Wildman–Crippen MR) is 81.3 cm³/mol. The van der Waals surface area contributed by atoms with E-state index in [-0.39, 0.29) is 5.75 Å². The summed E-state index contributed by atoms with van der Waals surface area (Å²) in [5.74, 6) is 0.748. The quantitative estimate of drug-likeness (QED) is 0.869. The van der Waals surface area contributed by atoms with Crippen molar-refractivity contribution >= 4 is 0 Å². The van der Waals surface area contributed by atoms with Gasteiger partial charge in [0.1, 0.15) is 0 Å². The Hall–Kier alpha value is -1.26. The third-order valence-corrected chi connectivity index (χ3v) is 4.29. The van der Waals surface area contributed by atoms with Crippen molar-refractivity contribution in [2.75, 3.05) is 26.7 Å². The van der Waals surface area contributed by atoms with Crippen LogP contribution >= 0.6 is 0 Å². The molecule has 0 radical (unpaired) electrons. The van der Waals surface area contributed by atoms with Crippen molar-refractivity contribution in [3.05, 3.63) is 23.8 Å². The molecule has 4 heteroatoms. The first-order valence-electron chi connectivity index (χ1n) is 7.50. The zero-order valence-corrected chi connectivity index (χ0v) is 12.7. The summed E-state index contributed by atoms with van der Waals surface area (Å²) < 4.78 is 5.21. The summed E-state index contributed by atoms with van der Waals surface area (Å²) in [7, 11) is 1.59. The number of phenolic OH excluding ortho intramolecular Hbond substituents is 1. The fourth-order valence-corrected chi connectivity index (χ4v) is 3.11. The maximum absolute atomic E-state index is 9.71. The van der Waals surface area contributed by atoms with Gasteiger partial charge in [-0.05, 0) is 50.6 Å². The molecule has 1 aromatic carbocycles. The van der Waals surface area contributed by atoms with Crippen LogP contribution in [0.3, 0.4) is 0 Å². The molecule has 1 aliphatic rings. The Kier molecular flexibility index (Phi) is 5.26. The highest BCUT2D eigenvalue weighted by molar-refractivity contribution is 5.42. The molecule has 2 atom stereocenters. The van der Waals surface area contributed by atoms with Crippen LogP contribution < -0.4 is 10.1 Å². The van der Waals surface area contributed by atoms with Gasteiger partial charge in [-0.1, -0.05) is 13.0 Å². The van der Waals surface area contributed by atoms with E-state index in [0.717, 1.165) is 19.6 Å². The van der Waals surface area contributed by atoms with Crippen LogP contribution in [-0.2, 0) is 0 Å². The van der Waals surface area contributed by atoms with Crippen LogP contribution in [-0.4, -0.2) is 42.8 Å². The molecular weight excluding hydrogens is 252 g/mol. The van der Waals surface area contributed by atoms with E-state index in [9.17, 15) is 5.11 Å². The Morgan fingerprint density at radius 1 is 1.50 bits per heavy atom. The third-order valence-electron chi connectivity index (χ3n) is 4.29. The Labute approximate surface area is 121 Å². The Bertz CT molecular complexity index is 430.